The highest BCUT2D eigenvalue weighted by Gasteiger charge is 1.95. The van der Waals surface area contributed by atoms with Crippen LogP contribution < -0.4 is 10.6 Å². The minimum absolute atomic E-state index is 0.662. The molecular formula is C11H15N2S. The fraction of sp³-hybridized carbons (Fsp3) is 0.273. The predicted molar refractivity (Wildman–Crippen MR) is 65.4 cm³/mol. The van der Waals surface area contributed by atoms with Crippen LogP contribution in [0.3, 0.4) is 0 Å². The Labute approximate surface area is 90.7 Å². The maximum absolute atomic E-state index is 5.06. The highest BCUT2D eigenvalue weighted by Crippen LogP contribution is 2.09. The molecule has 0 atom stereocenters. The number of benzene rings is 1. The Morgan fingerprint density at radius 2 is 2.00 bits per heavy atom. The Morgan fingerprint density at radius 3 is 2.50 bits per heavy atom. The van der Waals surface area contributed by atoms with E-state index >= 15 is 0 Å². The number of anilines is 1. The highest BCUT2D eigenvalue weighted by molar-refractivity contribution is 7.80. The SMILES string of the molecule is [CH2]Cc1ccc(NC(=S)NCC)cc1. The average molecular weight is 207 g/mol. The Morgan fingerprint density at radius 1 is 1.36 bits per heavy atom. The largest absolute Gasteiger partial charge is 0.363 e. The molecule has 0 saturated carbocycles. The third kappa shape index (κ3) is 3.34. The van der Waals surface area contributed by atoms with Gasteiger partial charge in [0.05, 0.1) is 0 Å². The van der Waals surface area contributed by atoms with Crippen LogP contribution in [-0.2, 0) is 6.42 Å². The molecule has 0 saturated heterocycles. The van der Waals surface area contributed by atoms with E-state index < -0.39 is 0 Å². The molecule has 0 aromatic heterocycles. The fourth-order valence-corrected chi connectivity index (χ4v) is 1.35. The lowest BCUT2D eigenvalue weighted by atomic mass is 10.1. The highest BCUT2D eigenvalue weighted by atomic mass is 32.1. The first-order valence-corrected chi connectivity index (χ1v) is 5.10. The molecule has 0 aliphatic heterocycles. The van der Waals surface area contributed by atoms with E-state index in [4.69, 9.17) is 12.2 Å². The second-order valence-corrected chi connectivity index (χ2v) is 3.34. The van der Waals surface area contributed by atoms with Crippen LogP contribution in [0.15, 0.2) is 24.3 Å². The Kier molecular flexibility index (Phi) is 4.40. The van der Waals surface area contributed by atoms with Gasteiger partial charge in [-0.2, -0.15) is 0 Å². The van der Waals surface area contributed by atoms with Crippen molar-refractivity contribution in [3.63, 3.8) is 0 Å². The molecule has 0 unspecified atom stereocenters. The van der Waals surface area contributed by atoms with Crippen molar-refractivity contribution in [1.82, 2.24) is 5.32 Å². The van der Waals surface area contributed by atoms with Gasteiger partial charge in [0.2, 0.25) is 0 Å². The summed E-state index contributed by atoms with van der Waals surface area (Å²) in [5.74, 6) is 0. The van der Waals surface area contributed by atoms with Gasteiger partial charge in [-0.1, -0.05) is 12.1 Å². The van der Waals surface area contributed by atoms with Gasteiger partial charge < -0.3 is 10.6 Å². The maximum Gasteiger partial charge on any atom is 0.170 e. The molecule has 1 aromatic carbocycles. The van der Waals surface area contributed by atoms with Crippen LogP contribution in [0.4, 0.5) is 5.69 Å². The zero-order valence-corrected chi connectivity index (χ0v) is 9.16. The summed E-state index contributed by atoms with van der Waals surface area (Å²) in [4.78, 5) is 0. The lowest BCUT2D eigenvalue weighted by molar-refractivity contribution is 0.979. The number of rotatable bonds is 3. The van der Waals surface area contributed by atoms with Crippen LogP contribution in [0.2, 0.25) is 0 Å². The van der Waals surface area contributed by atoms with E-state index in [-0.39, 0.29) is 0 Å². The molecule has 0 heterocycles. The van der Waals surface area contributed by atoms with E-state index in [1.807, 2.05) is 31.2 Å². The van der Waals surface area contributed by atoms with Crippen molar-refractivity contribution >= 4 is 23.0 Å². The normalized spacial score (nSPS) is 9.57. The number of hydrogen-bond donors (Lipinski definition) is 2. The van der Waals surface area contributed by atoms with Crippen molar-refractivity contribution in [2.45, 2.75) is 13.3 Å². The lowest BCUT2D eigenvalue weighted by Gasteiger charge is -2.08. The molecule has 1 radical (unpaired) electrons. The molecule has 3 heteroatoms. The van der Waals surface area contributed by atoms with Gasteiger partial charge >= 0.3 is 0 Å². The van der Waals surface area contributed by atoms with Crippen molar-refractivity contribution < 1.29 is 0 Å². The summed E-state index contributed by atoms with van der Waals surface area (Å²) in [5, 5.41) is 6.79. The molecule has 1 aromatic rings. The van der Waals surface area contributed by atoms with Gasteiger partial charge in [-0.05, 0) is 50.2 Å². The maximum atomic E-state index is 5.06. The minimum Gasteiger partial charge on any atom is -0.363 e. The molecule has 14 heavy (non-hydrogen) atoms. The Balaban J connectivity index is 2.55. The van der Waals surface area contributed by atoms with Crippen LogP contribution >= 0.6 is 12.2 Å². The molecule has 0 fully saturated rings. The second-order valence-electron chi connectivity index (χ2n) is 2.93. The van der Waals surface area contributed by atoms with E-state index in [9.17, 15) is 0 Å². The summed E-state index contributed by atoms with van der Waals surface area (Å²) in [6.07, 6.45) is 0.817. The monoisotopic (exact) mass is 207 g/mol. The third-order valence-electron chi connectivity index (χ3n) is 1.84. The summed E-state index contributed by atoms with van der Waals surface area (Å²) in [6.45, 7) is 6.67. The number of thiocarbonyl (C=S) groups is 1. The molecule has 2 N–H and O–H groups in total. The summed E-state index contributed by atoms with van der Waals surface area (Å²) >= 11 is 5.06. The molecule has 0 bridgehead atoms. The lowest BCUT2D eigenvalue weighted by Crippen LogP contribution is -2.27. The molecule has 75 valence electrons. The first-order valence-electron chi connectivity index (χ1n) is 4.69. The standard InChI is InChI=1S/C11H15N2S/c1-3-9-5-7-10(8-6-9)13-11(14)12-4-2/h5-8H,1,3-4H2,2H3,(H2,12,13,14). The first kappa shape index (κ1) is 11.0. The molecule has 2 nitrogen and oxygen atoms in total. The summed E-state index contributed by atoms with van der Waals surface area (Å²) in [5.41, 5.74) is 2.23. The van der Waals surface area contributed by atoms with E-state index in [1.165, 1.54) is 5.56 Å². The molecule has 0 spiro atoms. The van der Waals surface area contributed by atoms with Crippen LogP contribution in [0.1, 0.15) is 12.5 Å². The quantitative estimate of drug-likeness (QED) is 0.744. The zero-order chi connectivity index (χ0) is 10.4. The first-order chi connectivity index (χ1) is 6.76. The van der Waals surface area contributed by atoms with Crippen LogP contribution in [0.25, 0.3) is 0 Å². The molecule has 0 aliphatic carbocycles. The number of nitrogens with one attached hydrogen (secondary N) is 2. The van der Waals surface area contributed by atoms with Gasteiger partial charge in [-0.15, -0.1) is 0 Å². The minimum atomic E-state index is 0.662. The van der Waals surface area contributed by atoms with Gasteiger partial charge in [0.15, 0.2) is 5.11 Å². The summed E-state index contributed by atoms with van der Waals surface area (Å²) < 4.78 is 0. The smallest absolute Gasteiger partial charge is 0.170 e. The van der Waals surface area contributed by atoms with Crippen molar-refractivity contribution in [2.75, 3.05) is 11.9 Å². The predicted octanol–water partition coefficient (Wildman–Crippen LogP) is 2.37. The van der Waals surface area contributed by atoms with E-state index in [1.54, 1.807) is 0 Å². The average Bonchev–Trinajstić information content (AvgIpc) is 2.19. The number of hydrogen-bond acceptors (Lipinski definition) is 1. The van der Waals surface area contributed by atoms with Crippen molar-refractivity contribution in [3.8, 4) is 0 Å². The fourth-order valence-electron chi connectivity index (χ4n) is 1.09. The molecule has 0 aliphatic rings. The van der Waals surface area contributed by atoms with E-state index in [0.29, 0.717) is 5.11 Å². The summed E-state index contributed by atoms with van der Waals surface area (Å²) in [6, 6.07) is 8.10. The van der Waals surface area contributed by atoms with E-state index in [0.717, 1.165) is 18.7 Å². The molecular weight excluding hydrogens is 192 g/mol. The zero-order valence-electron chi connectivity index (χ0n) is 8.34. The molecule has 1 rings (SSSR count). The van der Waals surface area contributed by atoms with Crippen LogP contribution in [-0.4, -0.2) is 11.7 Å². The van der Waals surface area contributed by atoms with Gasteiger partial charge in [-0.3, -0.25) is 0 Å². The van der Waals surface area contributed by atoms with Gasteiger partial charge in [-0.25, -0.2) is 0 Å². The van der Waals surface area contributed by atoms with E-state index in [2.05, 4.69) is 17.6 Å². The van der Waals surface area contributed by atoms with Crippen LogP contribution in [0, 0.1) is 6.92 Å². The van der Waals surface area contributed by atoms with Crippen molar-refractivity contribution in [1.29, 1.82) is 0 Å². The van der Waals surface area contributed by atoms with Crippen molar-refractivity contribution in [3.05, 3.63) is 36.8 Å². The Bertz CT molecular complexity index is 293. The molecule has 0 amide bonds. The van der Waals surface area contributed by atoms with Crippen molar-refractivity contribution in [2.24, 2.45) is 0 Å². The third-order valence-corrected chi connectivity index (χ3v) is 2.08. The van der Waals surface area contributed by atoms with Crippen LogP contribution in [0.5, 0.6) is 0 Å². The topological polar surface area (TPSA) is 24.1 Å². The van der Waals surface area contributed by atoms with Gasteiger partial charge in [0.25, 0.3) is 0 Å². The summed E-state index contributed by atoms with van der Waals surface area (Å²) in [7, 11) is 0. The second kappa shape index (κ2) is 5.60. The Hall–Kier alpha value is -1.09. The van der Waals surface area contributed by atoms with Gasteiger partial charge in [0.1, 0.15) is 0 Å². The van der Waals surface area contributed by atoms with Gasteiger partial charge in [0, 0.05) is 12.2 Å².